The normalized spacial score (nSPS) is 10.2. The minimum Gasteiger partial charge on any atom is -0.431 e. The number of rotatable bonds is 0. The van der Waals surface area contributed by atoms with Gasteiger partial charge in [-0.2, -0.15) is 9.65 Å². The van der Waals surface area contributed by atoms with Gasteiger partial charge >= 0.3 is 0 Å². The van der Waals surface area contributed by atoms with E-state index in [0.717, 1.165) is 0 Å². The molecule has 64 valence electrons. The average Bonchev–Trinajstić information content (AvgIpc) is 2.46. The lowest BCUT2D eigenvalue weighted by Gasteiger charge is -1.92. The van der Waals surface area contributed by atoms with Gasteiger partial charge < -0.3 is 4.42 Å². The highest BCUT2D eigenvalue weighted by Gasteiger charge is 2.07. The molecule has 0 amide bonds. The number of halogens is 2. The third-order valence-corrected chi connectivity index (χ3v) is 2.34. The van der Waals surface area contributed by atoms with Crippen molar-refractivity contribution in [3.8, 4) is 6.07 Å². The van der Waals surface area contributed by atoms with E-state index in [1.54, 1.807) is 6.07 Å². The predicted octanol–water partition coefficient (Wildman–Crippen LogP) is 3.21. The van der Waals surface area contributed by atoms with Gasteiger partial charge in [0, 0.05) is 15.9 Å². The molecule has 0 unspecified atom stereocenters. The van der Waals surface area contributed by atoms with Crippen LogP contribution in [0.25, 0.3) is 11.0 Å². The van der Waals surface area contributed by atoms with Crippen LogP contribution in [-0.2, 0) is 0 Å². The molecule has 1 aromatic carbocycles. The monoisotopic (exact) mass is 239 g/mol. The van der Waals surface area contributed by atoms with Crippen LogP contribution in [0.3, 0.4) is 0 Å². The number of hydrogen-bond acceptors (Lipinski definition) is 2. The zero-order chi connectivity index (χ0) is 9.42. The minimum absolute atomic E-state index is 0.378. The molecule has 0 radical (unpaired) electrons. The van der Waals surface area contributed by atoms with Gasteiger partial charge in [0.25, 0.3) is 6.01 Å². The van der Waals surface area contributed by atoms with E-state index in [-0.39, 0.29) is 0 Å². The summed E-state index contributed by atoms with van der Waals surface area (Å²) in [6, 6.07) is 5.71. The van der Waals surface area contributed by atoms with E-state index in [1.807, 2.05) is 6.07 Å². The van der Waals surface area contributed by atoms with Crippen molar-refractivity contribution in [3.63, 3.8) is 0 Å². The van der Waals surface area contributed by atoms with Gasteiger partial charge in [0.1, 0.15) is 5.58 Å². The van der Waals surface area contributed by atoms with Gasteiger partial charge in [0.15, 0.2) is 0 Å². The Morgan fingerprint density at radius 3 is 2.85 bits per heavy atom. The maximum Gasteiger partial charge on any atom is 0.278 e. The molecule has 0 aliphatic carbocycles. The van der Waals surface area contributed by atoms with Crippen LogP contribution in [0.4, 0.5) is 4.39 Å². The summed E-state index contributed by atoms with van der Waals surface area (Å²) in [6.45, 7) is 0. The molecule has 0 bridgehead atoms. The lowest BCUT2D eigenvalue weighted by atomic mass is 10.2. The molecule has 13 heavy (non-hydrogen) atoms. The van der Waals surface area contributed by atoms with Crippen LogP contribution in [0, 0.1) is 17.3 Å². The molecule has 2 aromatic rings. The first-order valence-electron chi connectivity index (χ1n) is 3.49. The zero-order valence-corrected chi connectivity index (χ0v) is 7.93. The number of benzene rings is 1. The van der Waals surface area contributed by atoms with Gasteiger partial charge in [-0.1, -0.05) is 0 Å². The minimum atomic E-state index is -0.647. The fourth-order valence-electron chi connectivity index (χ4n) is 1.13. The van der Waals surface area contributed by atoms with Crippen molar-refractivity contribution in [2.75, 3.05) is 0 Å². The van der Waals surface area contributed by atoms with Gasteiger partial charge in [0.2, 0.25) is 0 Å². The maximum absolute atomic E-state index is 12.7. The molecule has 0 N–H and O–H groups in total. The Morgan fingerprint density at radius 1 is 1.38 bits per heavy atom. The fourth-order valence-corrected chi connectivity index (χ4v) is 1.69. The Balaban J connectivity index is 2.85. The highest BCUT2D eigenvalue weighted by molar-refractivity contribution is 9.10. The van der Waals surface area contributed by atoms with Crippen LogP contribution in [-0.4, -0.2) is 0 Å². The number of nitrogens with zero attached hydrogens (tertiary/aromatic N) is 1. The molecule has 0 atom stereocenters. The molecule has 0 spiro atoms. The van der Waals surface area contributed by atoms with Crippen LogP contribution in [0.15, 0.2) is 27.1 Å². The summed E-state index contributed by atoms with van der Waals surface area (Å²) in [5, 5.41) is 9.26. The molecule has 0 aliphatic rings. The number of furan rings is 1. The molecule has 0 fully saturated rings. The van der Waals surface area contributed by atoms with Crippen LogP contribution in [0.1, 0.15) is 5.56 Å². The second-order valence-electron chi connectivity index (χ2n) is 2.53. The topological polar surface area (TPSA) is 36.9 Å². The van der Waals surface area contributed by atoms with Gasteiger partial charge in [-0.25, -0.2) is 0 Å². The molecule has 1 heterocycles. The first kappa shape index (κ1) is 8.27. The molecule has 0 saturated carbocycles. The summed E-state index contributed by atoms with van der Waals surface area (Å²) < 4.78 is 18.1. The van der Waals surface area contributed by atoms with Crippen molar-refractivity contribution in [1.82, 2.24) is 0 Å². The molecular weight excluding hydrogens is 237 g/mol. The third kappa shape index (κ3) is 1.31. The summed E-state index contributed by atoms with van der Waals surface area (Å²) in [5.41, 5.74) is 0.817. The van der Waals surface area contributed by atoms with Crippen molar-refractivity contribution in [1.29, 1.82) is 5.26 Å². The molecule has 4 heteroatoms. The van der Waals surface area contributed by atoms with E-state index >= 15 is 0 Å². The quantitative estimate of drug-likeness (QED) is 0.708. The van der Waals surface area contributed by atoms with Gasteiger partial charge in [-0.15, -0.1) is 0 Å². The first-order chi connectivity index (χ1) is 6.20. The van der Waals surface area contributed by atoms with Crippen LogP contribution < -0.4 is 0 Å². The fraction of sp³-hybridized carbons (Fsp3) is 0. The standard InChI is InChI=1S/C9H3BrFNO/c10-7-1-5(4-12)2-8-6(7)3-9(11)13-8/h1-3H. The van der Waals surface area contributed by atoms with Crippen molar-refractivity contribution >= 4 is 26.9 Å². The zero-order valence-electron chi connectivity index (χ0n) is 6.34. The van der Waals surface area contributed by atoms with E-state index < -0.39 is 6.01 Å². The average molecular weight is 240 g/mol. The van der Waals surface area contributed by atoms with Crippen molar-refractivity contribution < 1.29 is 8.81 Å². The summed E-state index contributed by atoms with van der Waals surface area (Å²) in [4.78, 5) is 0. The summed E-state index contributed by atoms with van der Waals surface area (Å²) in [6.07, 6.45) is 0. The largest absolute Gasteiger partial charge is 0.431 e. The third-order valence-electron chi connectivity index (χ3n) is 1.69. The van der Waals surface area contributed by atoms with Gasteiger partial charge in [0.05, 0.1) is 11.6 Å². The Hall–Kier alpha value is -1.34. The summed E-state index contributed by atoms with van der Waals surface area (Å²) >= 11 is 3.22. The number of fused-ring (bicyclic) bond motifs is 1. The Kier molecular flexibility index (Phi) is 1.82. The predicted molar refractivity (Wildman–Crippen MR) is 48.6 cm³/mol. The van der Waals surface area contributed by atoms with E-state index in [4.69, 9.17) is 9.68 Å². The highest BCUT2D eigenvalue weighted by Crippen LogP contribution is 2.27. The molecule has 2 rings (SSSR count). The first-order valence-corrected chi connectivity index (χ1v) is 4.28. The van der Waals surface area contributed by atoms with Crippen LogP contribution in [0.5, 0.6) is 0 Å². The Morgan fingerprint density at radius 2 is 2.15 bits per heavy atom. The molecule has 0 saturated heterocycles. The second kappa shape index (κ2) is 2.86. The summed E-state index contributed by atoms with van der Waals surface area (Å²) in [5.74, 6) is 0. The van der Waals surface area contributed by atoms with Crippen LogP contribution in [0.2, 0.25) is 0 Å². The Labute approximate surface area is 81.7 Å². The van der Waals surface area contributed by atoms with Crippen molar-refractivity contribution in [2.24, 2.45) is 0 Å². The smallest absolute Gasteiger partial charge is 0.278 e. The summed E-state index contributed by atoms with van der Waals surface area (Å²) in [7, 11) is 0. The van der Waals surface area contributed by atoms with E-state index in [1.165, 1.54) is 12.1 Å². The SMILES string of the molecule is N#Cc1cc(Br)c2cc(F)oc2c1. The highest BCUT2D eigenvalue weighted by atomic mass is 79.9. The molecular formula is C9H3BrFNO. The molecule has 1 aromatic heterocycles. The maximum atomic E-state index is 12.7. The molecule has 2 nitrogen and oxygen atoms in total. The Bertz CT molecular complexity index is 512. The van der Waals surface area contributed by atoms with E-state index in [2.05, 4.69) is 15.9 Å². The van der Waals surface area contributed by atoms with E-state index in [9.17, 15) is 4.39 Å². The molecule has 0 aliphatic heterocycles. The van der Waals surface area contributed by atoms with Gasteiger partial charge in [-0.3, -0.25) is 0 Å². The second-order valence-corrected chi connectivity index (χ2v) is 3.39. The van der Waals surface area contributed by atoms with Crippen molar-refractivity contribution in [2.45, 2.75) is 0 Å². The number of nitriles is 1. The van der Waals surface area contributed by atoms with Gasteiger partial charge in [-0.05, 0) is 28.1 Å². The number of hydrogen-bond donors (Lipinski definition) is 0. The van der Waals surface area contributed by atoms with Crippen molar-refractivity contribution in [3.05, 3.63) is 34.2 Å². The van der Waals surface area contributed by atoms with E-state index in [0.29, 0.717) is 21.0 Å². The lowest BCUT2D eigenvalue weighted by Crippen LogP contribution is -1.74. The lowest BCUT2D eigenvalue weighted by molar-refractivity contribution is 0.381. The van der Waals surface area contributed by atoms with Crippen LogP contribution >= 0.6 is 15.9 Å².